The molecule has 1 aliphatic rings. The normalized spacial score (nSPS) is 14.3. The highest BCUT2D eigenvalue weighted by molar-refractivity contribution is 7.09. The zero-order chi connectivity index (χ0) is 15.8. The van der Waals surface area contributed by atoms with Crippen LogP contribution in [-0.2, 0) is 17.8 Å². The number of carbonyl (C=O) groups is 1. The minimum absolute atomic E-state index is 0.244. The van der Waals surface area contributed by atoms with Crippen LogP contribution in [0.15, 0.2) is 41.8 Å². The van der Waals surface area contributed by atoms with E-state index in [0.29, 0.717) is 12.5 Å². The van der Waals surface area contributed by atoms with Crippen molar-refractivity contribution in [1.29, 1.82) is 0 Å². The summed E-state index contributed by atoms with van der Waals surface area (Å²) in [5, 5.41) is 3.25. The molecule has 23 heavy (non-hydrogen) atoms. The van der Waals surface area contributed by atoms with Crippen LogP contribution in [0.4, 0.5) is 0 Å². The number of aryl methyl sites for hydroxylation is 1. The van der Waals surface area contributed by atoms with E-state index in [1.165, 1.54) is 10.3 Å². The molecule has 0 radical (unpaired) electrons. The van der Waals surface area contributed by atoms with Gasteiger partial charge in [-0.25, -0.2) is 0 Å². The molecule has 1 fully saturated rings. The van der Waals surface area contributed by atoms with Gasteiger partial charge in [-0.1, -0.05) is 24.3 Å². The molecule has 0 saturated heterocycles. The fraction of sp³-hybridized carbons (Fsp3) is 0.316. The Hall–Kier alpha value is -2.07. The summed E-state index contributed by atoms with van der Waals surface area (Å²) in [5.74, 6) is 0.244. The first kappa shape index (κ1) is 14.5. The van der Waals surface area contributed by atoms with Crippen LogP contribution in [0.3, 0.4) is 0 Å². The van der Waals surface area contributed by atoms with E-state index in [1.54, 1.807) is 11.3 Å². The number of nitrogens with one attached hydrogen (secondary N) is 1. The number of hydrogen-bond acceptors (Lipinski definition) is 2. The molecule has 1 aliphatic carbocycles. The topological polar surface area (TPSA) is 36.1 Å². The van der Waals surface area contributed by atoms with Crippen molar-refractivity contribution in [3.63, 3.8) is 0 Å². The number of aromatic amines is 1. The molecule has 0 atom stereocenters. The number of benzene rings is 1. The summed E-state index contributed by atoms with van der Waals surface area (Å²) in [6, 6.07) is 12.8. The summed E-state index contributed by atoms with van der Waals surface area (Å²) in [7, 11) is 0. The van der Waals surface area contributed by atoms with Crippen molar-refractivity contribution < 1.29 is 4.79 Å². The maximum absolute atomic E-state index is 12.9. The molecule has 4 heteroatoms. The first-order chi connectivity index (χ1) is 11.2. The number of hydrogen-bond donors (Lipinski definition) is 1. The van der Waals surface area contributed by atoms with E-state index in [1.807, 2.05) is 12.1 Å². The Kier molecular flexibility index (Phi) is 3.69. The van der Waals surface area contributed by atoms with Gasteiger partial charge in [-0.3, -0.25) is 4.79 Å². The van der Waals surface area contributed by atoms with Crippen LogP contribution in [-0.4, -0.2) is 21.8 Å². The number of H-pyrrole nitrogens is 1. The number of rotatable bonds is 5. The molecule has 2 aromatic heterocycles. The van der Waals surface area contributed by atoms with E-state index in [0.717, 1.165) is 36.2 Å². The zero-order valence-corrected chi connectivity index (χ0v) is 14.0. The Morgan fingerprint density at radius 2 is 2.09 bits per heavy atom. The summed E-state index contributed by atoms with van der Waals surface area (Å²) >= 11 is 1.73. The molecular formula is C19H20N2OS. The van der Waals surface area contributed by atoms with E-state index in [-0.39, 0.29) is 5.91 Å². The number of thiophene rings is 1. The van der Waals surface area contributed by atoms with Crippen LogP contribution in [0.5, 0.6) is 0 Å². The zero-order valence-electron chi connectivity index (χ0n) is 13.2. The molecule has 0 spiro atoms. The van der Waals surface area contributed by atoms with Crippen LogP contribution >= 0.6 is 11.3 Å². The fourth-order valence-electron chi connectivity index (χ4n) is 3.19. The van der Waals surface area contributed by atoms with Gasteiger partial charge in [-0.15, -0.1) is 11.3 Å². The van der Waals surface area contributed by atoms with E-state index >= 15 is 0 Å². The van der Waals surface area contributed by atoms with E-state index in [4.69, 9.17) is 0 Å². The highest BCUT2D eigenvalue weighted by atomic mass is 32.1. The van der Waals surface area contributed by atoms with Crippen LogP contribution in [0.1, 0.15) is 29.0 Å². The van der Waals surface area contributed by atoms with E-state index in [2.05, 4.69) is 46.5 Å². The third kappa shape index (κ3) is 2.91. The summed E-state index contributed by atoms with van der Waals surface area (Å²) in [6.45, 7) is 2.81. The molecule has 118 valence electrons. The second-order valence-corrected chi connectivity index (χ2v) is 7.32. The highest BCUT2D eigenvalue weighted by Crippen LogP contribution is 2.31. The van der Waals surface area contributed by atoms with Crippen molar-refractivity contribution in [3.8, 4) is 0 Å². The maximum Gasteiger partial charge on any atom is 0.227 e. The Bertz CT molecular complexity index is 830. The van der Waals surface area contributed by atoms with Crippen molar-refractivity contribution in [2.45, 2.75) is 38.8 Å². The summed E-state index contributed by atoms with van der Waals surface area (Å²) < 4.78 is 0. The van der Waals surface area contributed by atoms with Gasteiger partial charge in [0.25, 0.3) is 0 Å². The summed E-state index contributed by atoms with van der Waals surface area (Å²) in [4.78, 5) is 19.7. The lowest BCUT2D eigenvalue weighted by Gasteiger charge is -2.22. The van der Waals surface area contributed by atoms with Gasteiger partial charge in [0, 0.05) is 27.5 Å². The molecule has 1 aromatic carbocycles. The Morgan fingerprint density at radius 1 is 1.26 bits per heavy atom. The van der Waals surface area contributed by atoms with Gasteiger partial charge >= 0.3 is 0 Å². The molecular weight excluding hydrogens is 304 g/mol. The van der Waals surface area contributed by atoms with Gasteiger partial charge in [0.05, 0.1) is 13.0 Å². The van der Waals surface area contributed by atoms with Crippen LogP contribution in [0.2, 0.25) is 0 Å². The van der Waals surface area contributed by atoms with Crippen molar-refractivity contribution in [2.75, 3.05) is 0 Å². The first-order valence-electron chi connectivity index (χ1n) is 8.10. The van der Waals surface area contributed by atoms with Gasteiger partial charge in [0.2, 0.25) is 5.91 Å². The molecule has 2 heterocycles. The minimum Gasteiger partial charge on any atom is -0.358 e. The number of amides is 1. The smallest absolute Gasteiger partial charge is 0.227 e. The summed E-state index contributed by atoms with van der Waals surface area (Å²) in [5.41, 5.74) is 3.36. The predicted octanol–water partition coefficient (Wildman–Crippen LogP) is 4.27. The van der Waals surface area contributed by atoms with Crippen molar-refractivity contribution >= 4 is 28.1 Å². The molecule has 0 bridgehead atoms. The largest absolute Gasteiger partial charge is 0.358 e. The van der Waals surface area contributed by atoms with Gasteiger partial charge < -0.3 is 9.88 Å². The Balaban J connectivity index is 1.58. The lowest BCUT2D eigenvalue weighted by molar-refractivity contribution is -0.131. The third-order valence-corrected chi connectivity index (χ3v) is 5.43. The molecule has 1 saturated carbocycles. The third-order valence-electron chi connectivity index (χ3n) is 4.57. The quantitative estimate of drug-likeness (QED) is 0.747. The predicted molar refractivity (Wildman–Crippen MR) is 94.6 cm³/mol. The van der Waals surface area contributed by atoms with Crippen LogP contribution in [0, 0.1) is 6.92 Å². The molecule has 1 N–H and O–H groups in total. The van der Waals surface area contributed by atoms with Crippen LogP contribution < -0.4 is 0 Å². The molecule has 0 unspecified atom stereocenters. The molecule has 4 rings (SSSR count). The molecule has 1 amide bonds. The Labute approximate surface area is 139 Å². The summed E-state index contributed by atoms with van der Waals surface area (Å²) in [6.07, 6.45) is 2.77. The standard InChI is InChI=1S/C19H20N2OS/c1-13-17(16-6-2-3-7-18(16)20-13)11-19(22)21(14-8-9-14)12-15-5-4-10-23-15/h2-7,10,14,20H,8-9,11-12H2,1H3. The monoisotopic (exact) mass is 324 g/mol. The Morgan fingerprint density at radius 3 is 2.83 bits per heavy atom. The molecule has 3 aromatic rings. The van der Waals surface area contributed by atoms with Gasteiger partial charge in [-0.05, 0) is 42.8 Å². The molecule has 3 nitrogen and oxygen atoms in total. The van der Waals surface area contributed by atoms with E-state index < -0.39 is 0 Å². The number of fused-ring (bicyclic) bond motifs is 1. The average molecular weight is 324 g/mol. The van der Waals surface area contributed by atoms with Crippen molar-refractivity contribution in [1.82, 2.24) is 9.88 Å². The number of para-hydroxylation sites is 1. The number of carbonyl (C=O) groups excluding carboxylic acids is 1. The van der Waals surface area contributed by atoms with E-state index in [9.17, 15) is 4.79 Å². The second kappa shape index (κ2) is 5.85. The lowest BCUT2D eigenvalue weighted by Crippen LogP contribution is -2.33. The minimum atomic E-state index is 0.244. The van der Waals surface area contributed by atoms with Crippen LogP contribution in [0.25, 0.3) is 10.9 Å². The second-order valence-electron chi connectivity index (χ2n) is 6.28. The van der Waals surface area contributed by atoms with Crippen molar-refractivity contribution in [3.05, 3.63) is 57.9 Å². The van der Waals surface area contributed by atoms with Gasteiger partial charge in [0.15, 0.2) is 0 Å². The van der Waals surface area contributed by atoms with Crippen molar-refractivity contribution in [2.24, 2.45) is 0 Å². The maximum atomic E-state index is 12.9. The lowest BCUT2D eigenvalue weighted by atomic mass is 10.1. The number of nitrogens with zero attached hydrogens (tertiary/aromatic N) is 1. The molecule has 0 aliphatic heterocycles. The van der Waals surface area contributed by atoms with Gasteiger partial charge in [-0.2, -0.15) is 0 Å². The van der Waals surface area contributed by atoms with Gasteiger partial charge in [0.1, 0.15) is 0 Å². The average Bonchev–Trinajstić information content (AvgIpc) is 3.16. The first-order valence-corrected chi connectivity index (χ1v) is 8.98. The number of aromatic nitrogens is 1. The SMILES string of the molecule is Cc1[nH]c2ccccc2c1CC(=O)N(Cc1cccs1)C1CC1. The fourth-order valence-corrected chi connectivity index (χ4v) is 3.90. The highest BCUT2D eigenvalue weighted by Gasteiger charge is 2.33.